The Morgan fingerprint density at radius 2 is 2.17 bits per heavy atom. The topological polar surface area (TPSA) is 51.7 Å². The van der Waals surface area contributed by atoms with Gasteiger partial charge < -0.3 is 14.4 Å². The van der Waals surface area contributed by atoms with Gasteiger partial charge in [0.15, 0.2) is 0 Å². The number of amides is 1. The van der Waals surface area contributed by atoms with Crippen LogP contribution in [0.3, 0.4) is 0 Å². The lowest BCUT2D eigenvalue weighted by molar-refractivity contribution is -0.119. The molecule has 1 amide bonds. The van der Waals surface area contributed by atoms with Gasteiger partial charge in [-0.05, 0) is 19.9 Å². The van der Waals surface area contributed by atoms with Crippen molar-refractivity contribution in [3.8, 4) is 5.88 Å². The molecule has 5 heteroatoms. The van der Waals surface area contributed by atoms with E-state index in [0.717, 1.165) is 5.69 Å². The number of nitrogens with zero attached hydrogens (tertiary/aromatic N) is 2. The summed E-state index contributed by atoms with van der Waals surface area (Å²) in [5, 5.41) is 0. The minimum Gasteiger partial charge on any atom is -0.481 e. The monoisotopic (exact) mass is 252 g/mol. The highest BCUT2D eigenvalue weighted by molar-refractivity contribution is 5.92. The quantitative estimate of drug-likeness (QED) is 0.775. The van der Waals surface area contributed by atoms with Crippen molar-refractivity contribution >= 4 is 11.6 Å². The summed E-state index contributed by atoms with van der Waals surface area (Å²) in [6, 6.07) is 3.52. The summed E-state index contributed by atoms with van der Waals surface area (Å²) in [6.45, 7) is 4.33. The Hall–Kier alpha value is -1.62. The number of pyridine rings is 1. The van der Waals surface area contributed by atoms with Crippen molar-refractivity contribution in [3.63, 3.8) is 0 Å². The van der Waals surface area contributed by atoms with Crippen LogP contribution < -0.4 is 9.64 Å². The molecule has 0 aliphatic carbocycles. The third kappa shape index (κ3) is 4.33. The van der Waals surface area contributed by atoms with E-state index in [1.165, 1.54) is 0 Å². The highest BCUT2D eigenvalue weighted by Gasteiger charge is 2.11. The summed E-state index contributed by atoms with van der Waals surface area (Å²) >= 11 is 0. The minimum atomic E-state index is 0.00242. The van der Waals surface area contributed by atoms with E-state index in [1.807, 2.05) is 13.8 Å². The van der Waals surface area contributed by atoms with Crippen LogP contribution in [0.4, 0.5) is 5.69 Å². The molecule has 0 radical (unpaired) electrons. The Bertz CT molecular complexity index is 376. The van der Waals surface area contributed by atoms with Gasteiger partial charge in [-0.1, -0.05) is 0 Å². The Morgan fingerprint density at radius 1 is 1.44 bits per heavy atom. The summed E-state index contributed by atoms with van der Waals surface area (Å²) in [5.41, 5.74) is 0.741. The minimum absolute atomic E-state index is 0.00242. The number of rotatable bonds is 6. The number of carbonyl (C=O) groups excluding carboxylic acids is 1. The summed E-state index contributed by atoms with van der Waals surface area (Å²) in [4.78, 5) is 17.5. The van der Waals surface area contributed by atoms with Crippen LogP contribution in [0.2, 0.25) is 0 Å². The van der Waals surface area contributed by atoms with Gasteiger partial charge in [0, 0.05) is 13.1 Å². The first-order chi connectivity index (χ1) is 8.54. The molecule has 18 heavy (non-hydrogen) atoms. The van der Waals surface area contributed by atoms with Crippen molar-refractivity contribution in [1.29, 1.82) is 0 Å². The number of hydrogen-bond acceptors (Lipinski definition) is 4. The second-order valence-corrected chi connectivity index (χ2v) is 4.18. The number of methoxy groups -OCH3 is 1. The maximum absolute atomic E-state index is 11.9. The second-order valence-electron chi connectivity index (χ2n) is 4.18. The first-order valence-electron chi connectivity index (χ1n) is 5.92. The van der Waals surface area contributed by atoms with Crippen molar-refractivity contribution < 1.29 is 14.3 Å². The highest BCUT2D eigenvalue weighted by atomic mass is 16.5. The average molecular weight is 252 g/mol. The van der Waals surface area contributed by atoms with E-state index >= 15 is 0 Å². The molecule has 0 N–H and O–H groups in total. The zero-order valence-electron chi connectivity index (χ0n) is 11.3. The third-order valence-electron chi connectivity index (χ3n) is 2.46. The molecule has 0 aliphatic rings. The summed E-state index contributed by atoms with van der Waals surface area (Å²) in [7, 11) is 3.28. The fourth-order valence-corrected chi connectivity index (χ4v) is 1.39. The van der Waals surface area contributed by atoms with E-state index in [2.05, 4.69) is 4.98 Å². The van der Waals surface area contributed by atoms with Crippen molar-refractivity contribution in [2.45, 2.75) is 26.4 Å². The normalized spacial score (nSPS) is 10.5. The molecule has 0 unspecified atom stereocenters. The molecule has 1 aromatic heterocycles. The van der Waals surface area contributed by atoms with Crippen molar-refractivity contribution in [3.05, 3.63) is 18.3 Å². The van der Waals surface area contributed by atoms with E-state index < -0.39 is 0 Å². The van der Waals surface area contributed by atoms with Gasteiger partial charge in [-0.15, -0.1) is 0 Å². The molecule has 0 bridgehead atoms. The third-order valence-corrected chi connectivity index (χ3v) is 2.46. The summed E-state index contributed by atoms with van der Waals surface area (Å²) < 4.78 is 10.3. The molecule has 0 fully saturated rings. The van der Waals surface area contributed by atoms with E-state index in [9.17, 15) is 4.79 Å². The predicted molar refractivity (Wildman–Crippen MR) is 69.9 cm³/mol. The van der Waals surface area contributed by atoms with Crippen LogP contribution in [0, 0.1) is 0 Å². The Morgan fingerprint density at radius 3 is 2.67 bits per heavy atom. The molecule has 0 saturated carbocycles. The van der Waals surface area contributed by atoms with E-state index in [4.69, 9.17) is 9.47 Å². The number of ether oxygens (including phenoxy) is 2. The highest BCUT2D eigenvalue weighted by Crippen LogP contribution is 2.15. The second kappa shape index (κ2) is 6.96. The first kappa shape index (κ1) is 14.4. The molecule has 5 nitrogen and oxygen atoms in total. The molecular formula is C13H20N2O3. The van der Waals surface area contributed by atoms with E-state index in [0.29, 0.717) is 18.9 Å². The van der Waals surface area contributed by atoms with Gasteiger partial charge in [0.25, 0.3) is 0 Å². The zero-order chi connectivity index (χ0) is 13.5. The number of anilines is 1. The van der Waals surface area contributed by atoms with Crippen LogP contribution in [0.15, 0.2) is 18.3 Å². The molecule has 0 aromatic carbocycles. The smallest absolute Gasteiger partial charge is 0.229 e. The lowest BCUT2D eigenvalue weighted by Crippen LogP contribution is -2.27. The van der Waals surface area contributed by atoms with Crippen LogP contribution in [-0.4, -0.2) is 37.8 Å². The standard InChI is InChI=1S/C13H20N2O3/c1-10(2)18-8-7-13(16)15(3)11-5-6-12(17-4)14-9-11/h5-6,9-10H,7-8H2,1-4H3. The Labute approximate surface area is 108 Å². The molecule has 100 valence electrons. The molecule has 0 aliphatic heterocycles. The fourth-order valence-electron chi connectivity index (χ4n) is 1.39. The molecule has 1 rings (SSSR count). The summed E-state index contributed by atoms with van der Waals surface area (Å²) in [5.74, 6) is 0.533. The maximum Gasteiger partial charge on any atom is 0.229 e. The molecular weight excluding hydrogens is 232 g/mol. The van der Waals surface area contributed by atoms with Crippen LogP contribution in [0.25, 0.3) is 0 Å². The number of aromatic nitrogens is 1. The molecule has 0 saturated heterocycles. The molecule has 1 heterocycles. The van der Waals surface area contributed by atoms with E-state index in [1.54, 1.807) is 37.4 Å². The molecule has 0 atom stereocenters. The van der Waals surface area contributed by atoms with E-state index in [-0.39, 0.29) is 12.0 Å². The number of hydrogen-bond donors (Lipinski definition) is 0. The lowest BCUT2D eigenvalue weighted by Gasteiger charge is -2.17. The van der Waals surface area contributed by atoms with Gasteiger partial charge in [-0.2, -0.15) is 0 Å². The zero-order valence-corrected chi connectivity index (χ0v) is 11.3. The predicted octanol–water partition coefficient (Wildman–Crippen LogP) is 1.87. The Balaban J connectivity index is 2.51. The lowest BCUT2D eigenvalue weighted by atomic mass is 10.3. The van der Waals surface area contributed by atoms with Crippen molar-refractivity contribution in [2.24, 2.45) is 0 Å². The summed E-state index contributed by atoms with van der Waals surface area (Å²) in [6.07, 6.45) is 2.12. The van der Waals surface area contributed by atoms with Crippen LogP contribution in [-0.2, 0) is 9.53 Å². The maximum atomic E-state index is 11.9. The van der Waals surface area contributed by atoms with Crippen LogP contribution in [0.5, 0.6) is 5.88 Å². The SMILES string of the molecule is COc1ccc(N(C)C(=O)CCOC(C)C)cn1. The molecule has 0 spiro atoms. The first-order valence-corrected chi connectivity index (χ1v) is 5.92. The largest absolute Gasteiger partial charge is 0.481 e. The van der Waals surface area contributed by atoms with Gasteiger partial charge in [0.2, 0.25) is 11.8 Å². The van der Waals surface area contributed by atoms with Crippen molar-refractivity contribution in [2.75, 3.05) is 25.7 Å². The molecule has 1 aromatic rings. The van der Waals surface area contributed by atoms with Crippen molar-refractivity contribution in [1.82, 2.24) is 4.98 Å². The fraction of sp³-hybridized carbons (Fsp3) is 0.538. The van der Waals surface area contributed by atoms with Gasteiger partial charge in [0.05, 0.1) is 38.1 Å². The van der Waals surface area contributed by atoms with Gasteiger partial charge in [-0.3, -0.25) is 4.79 Å². The van der Waals surface area contributed by atoms with Crippen LogP contribution >= 0.6 is 0 Å². The Kier molecular flexibility index (Phi) is 5.58. The van der Waals surface area contributed by atoms with Gasteiger partial charge in [0.1, 0.15) is 0 Å². The van der Waals surface area contributed by atoms with Gasteiger partial charge >= 0.3 is 0 Å². The number of carbonyl (C=O) groups is 1. The van der Waals surface area contributed by atoms with Gasteiger partial charge in [-0.25, -0.2) is 4.98 Å². The van der Waals surface area contributed by atoms with Crippen LogP contribution in [0.1, 0.15) is 20.3 Å². The average Bonchev–Trinajstić information content (AvgIpc) is 2.37.